The lowest BCUT2D eigenvalue weighted by Crippen LogP contribution is -2.49. The van der Waals surface area contributed by atoms with Crippen LogP contribution in [0.15, 0.2) is 0 Å². The number of likely N-dealkylation sites (tertiary alicyclic amines) is 1. The summed E-state index contributed by atoms with van der Waals surface area (Å²) in [6, 6.07) is 0. The average Bonchev–Trinajstić information content (AvgIpc) is 2.42. The normalized spacial score (nSPS) is 27.8. The molecule has 1 heterocycles. The molecule has 12 heavy (non-hydrogen) atoms. The van der Waals surface area contributed by atoms with E-state index in [0.717, 1.165) is 0 Å². The number of alkyl halides is 1. The van der Waals surface area contributed by atoms with Gasteiger partial charge in [-0.15, -0.1) is 0 Å². The van der Waals surface area contributed by atoms with Crippen LogP contribution >= 0.6 is 22.6 Å². The summed E-state index contributed by atoms with van der Waals surface area (Å²) < 4.78 is 1.32. The van der Waals surface area contributed by atoms with Crippen molar-refractivity contribution in [1.82, 2.24) is 4.90 Å². The smallest absolute Gasteiger partial charge is 0.0210 e. The first-order chi connectivity index (χ1) is 5.87. The van der Waals surface area contributed by atoms with Gasteiger partial charge in [-0.1, -0.05) is 22.6 Å². The number of hydrogen-bond donors (Lipinski definition) is 0. The van der Waals surface area contributed by atoms with Crippen LogP contribution < -0.4 is 0 Å². The molecule has 0 bridgehead atoms. The summed E-state index contributed by atoms with van der Waals surface area (Å²) in [6.07, 6.45) is 8.82. The predicted molar refractivity (Wildman–Crippen MR) is 60.9 cm³/mol. The molecular formula is C10H18IN. The number of hydrogen-bond acceptors (Lipinski definition) is 1. The van der Waals surface area contributed by atoms with Crippen molar-refractivity contribution in [1.29, 1.82) is 0 Å². The van der Waals surface area contributed by atoms with Crippen LogP contribution in [-0.2, 0) is 0 Å². The minimum atomic E-state index is 0.714. The Kier molecular flexibility index (Phi) is 2.95. The molecule has 0 aromatic carbocycles. The third-order valence-electron chi connectivity index (χ3n) is 3.59. The van der Waals surface area contributed by atoms with Gasteiger partial charge < -0.3 is 0 Å². The molecule has 1 aliphatic heterocycles. The first-order valence-electron chi connectivity index (χ1n) is 5.18. The van der Waals surface area contributed by atoms with Crippen LogP contribution in [0.4, 0.5) is 0 Å². The van der Waals surface area contributed by atoms with Crippen LogP contribution in [0, 0.1) is 0 Å². The van der Waals surface area contributed by atoms with Crippen molar-refractivity contribution in [3.63, 3.8) is 0 Å². The lowest BCUT2D eigenvalue weighted by atomic mass is 9.75. The highest BCUT2D eigenvalue weighted by Gasteiger charge is 2.44. The highest BCUT2D eigenvalue weighted by Crippen LogP contribution is 2.45. The molecule has 0 atom stereocenters. The Labute approximate surface area is 89.0 Å². The minimum absolute atomic E-state index is 0.714. The average molecular weight is 279 g/mol. The lowest BCUT2D eigenvalue weighted by molar-refractivity contribution is 0.0567. The van der Waals surface area contributed by atoms with Gasteiger partial charge in [0.05, 0.1) is 0 Å². The van der Waals surface area contributed by atoms with Crippen molar-refractivity contribution in [2.75, 3.05) is 17.5 Å². The molecule has 1 saturated carbocycles. The molecule has 1 spiro atoms. The molecule has 1 saturated heterocycles. The van der Waals surface area contributed by atoms with E-state index in [0.29, 0.717) is 5.54 Å². The van der Waals surface area contributed by atoms with Gasteiger partial charge in [-0.05, 0) is 51.6 Å². The molecule has 0 unspecified atom stereocenters. The van der Waals surface area contributed by atoms with Crippen molar-refractivity contribution < 1.29 is 0 Å². The summed E-state index contributed by atoms with van der Waals surface area (Å²) in [7, 11) is 0. The van der Waals surface area contributed by atoms with Gasteiger partial charge in [0.25, 0.3) is 0 Å². The Bertz CT molecular complexity index is 154. The molecular weight excluding hydrogens is 261 g/mol. The van der Waals surface area contributed by atoms with Crippen LogP contribution in [0.2, 0.25) is 0 Å². The Morgan fingerprint density at radius 1 is 1.17 bits per heavy atom. The van der Waals surface area contributed by atoms with E-state index in [9.17, 15) is 0 Å². The third-order valence-corrected chi connectivity index (χ3v) is 4.35. The van der Waals surface area contributed by atoms with Crippen LogP contribution in [0.3, 0.4) is 0 Å². The van der Waals surface area contributed by atoms with Gasteiger partial charge in [-0.3, -0.25) is 4.90 Å². The van der Waals surface area contributed by atoms with E-state index in [2.05, 4.69) is 27.5 Å². The van der Waals surface area contributed by atoms with E-state index < -0.39 is 0 Å². The Morgan fingerprint density at radius 3 is 2.50 bits per heavy atom. The van der Waals surface area contributed by atoms with Gasteiger partial charge in [0, 0.05) is 9.97 Å². The maximum Gasteiger partial charge on any atom is 0.0210 e. The molecule has 1 aliphatic carbocycles. The quantitative estimate of drug-likeness (QED) is 0.567. The van der Waals surface area contributed by atoms with Crippen molar-refractivity contribution in [3.05, 3.63) is 0 Å². The zero-order valence-corrected chi connectivity index (χ0v) is 9.85. The summed E-state index contributed by atoms with van der Waals surface area (Å²) in [6.45, 7) is 2.75. The van der Waals surface area contributed by atoms with Gasteiger partial charge in [0.2, 0.25) is 0 Å². The highest BCUT2D eigenvalue weighted by atomic mass is 127. The van der Waals surface area contributed by atoms with E-state index in [1.807, 2.05) is 0 Å². The molecule has 70 valence electrons. The van der Waals surface area contributed by atoms with E-state index >= 15 is 0 Å². The van der Waals surface area contributed by atoms with Gasteiger partial charge in [-0.25, -0.2) is 0 Å². The molecule has 1 nitrogen and oxygen atoms in total. The van der Waals surface area contributed by atoms with Gasteiger partial charge in [-0.2, -0.15) is 0 Å². The minimum Gasteiger partial charge on any atom is -0.298 e. The van der Waals surface area contributed by atoms with E-state index in [4.69, 9.17) is 0 Å². The monoisotopic (exact) mass is 279 g/mol. The Hall–Kier alpha value is 0.690. The molecule has 0 N–H and O–H groups in total. The third kappa shape index (κ3) is 1.52. The largest absolute Gasteiger partial charge is 0.298 e. The molecule has 0 aromatic rings. The fourth-order valence-corrected chi connectivity index (χ4v) is 3.09. The lowest BCUT2D eigenvalue weighted by Gasteiger charge is -2.46. The first kappa shape index (κ1) is 9.25. The van der Waals surface area contributed by atoms with E-state index in [1.54, 1.807) is 0 Å². The fourth-order valence-electron chi connectivity index (χ4n) is 2.74. The molecule has 2 fully saturated rings. The molecule has 2 heteroatoms. The van der Waals surface area contributed by atoms with Crippen LogP contribution in [0.25, 0.3) is 0 Å². The summed E-state index contributed by atoms with van der Waals surface area (Å²) >= 11 is 2.49. The van der Waals surface area contributed by atoms with E-state index in [1.165, 1.54) is 56.0 Å². The zero-order valence-electron chi connectivity index (χ0n) is 7.69. The van der Waals surface area contributed by atoms with Crippen molar-refractivity contribution in [2.45, 2.75) is 44.1 Å². The summed E-state index contributed by atoms with van der Waals surface area (Å²) in [4.78, 5) is 2.77. The highest BCUT2D eigenvalue weighted by molar-refractivity contribution is 14.1. The zero-order chi connectivity index (χ0) is 8.44. The molecule has 0 amide bonds. The Morgan fingerprint density at radius 2 is 1.92 bits per heavy atom. The fraction of sp³-hybridized carbons (Fsp3) is 1.00. The van der Waals surface area contributed by atoms with Crippen LogP contribution in [0.1, 0.15) is 38.5 Å². The van der Waals surface area contributed by atoms with Crippen LogP contribution in [0.5, 0.6) is 0 Å². The number of rotatable bonds is 3. The van der Waals surface area contributed by atoms with Crippen molar-refractivity contribution in [2.24, 2.45) is 0 Å². The number of halogens is 1. The van der Waals surface area contributed by atoms with Gasteiger partial charge in [0.15, 0.2) is 0 Å². The molecule has 2 rings (SSSR count). The summed E-state index contributed by atoms with van der Waals surface area (Å²) in [5, 5.41) is 0. The maximum atomic E-state index is 2.77. The second kappa shape index (κ2) is 3.82. The SMILES string of the molecule is ICCCN1CCCC12CCC2. The molecule has 0 radical (unpaired) electrons. The predicted octanol–water partition coefficient (Wildman–Crippen LogP) is 2.83. The van der Waals surface area contributed by atoms with Crippen molar-refractivity contribution in [3.8, 4) is 0 Å². The van der Waals surface area contributed by atoms with Gasteiger partial charge in [0.1, 0.15) is 0 Å². The van der Waals surface area contributed by atoms with Crippen LogP contribution in [-0.4, -0.2) is 28.0 Å². The second-order valence-corrected chi connectivity index (χ2v) is 5.29. The standard InChI is InChI=1S/C10H18IN/c11-7-3-9-12-8-2-6-10(12)4-1-5-10/h1-9H2. The number of nitrogens with zero attached hydrogens (tertiary/aromatic N) is 1. The van der Waals surface area contributed by atoms with Gasteiger partial charge >= 0.3 is 0 Å². The van der Waals surface area contributed by atoms with E-state index in [-0.39, 0.29) is 0 Å². The molecule has 2 aliphatic rings. The molecule has 0 aromatic heterocycles. The summed E-state index contributed by atoms with van der Waals surface area (Å²) in [5.74, 6) is 0. The van der Waals surface area contributed by atoms with Crippen molar-refractivity contribution >= 4 is 22.6 Å². The summed E-state index contributed by atoms with van der Waals surface area (Å²) in [5.41, 5.74) is 0.714. The topological polar surface area (TPSA) is 3.24 Å². The Balaban J connectivity index is 1.86. The maximum absolute atomic E-state index is 2.77. The first-order valence-corrected chi connectivity index (χ1v) is 6.71. The second-order valence-electron chi connectivity index (χ2n) is 4.21.